The average Bonchev–Trinajstić information content (AvgIpc) is 3.44. The summed E-state index contributed by atoms with van der Waals surface area (Å²) in [5, 5.41) is 4.00. The van der Waals surface area contributed by atoms with Gasteiger partial charge in [-0.2, -0.15) is 0 Å². The summed E-state index contributed by atoms with van der Waals surface area (Å²) in [5.41, 5.74) is 5.14. The van der Waals surface area contributed by atoms with Gasteiger partial charge in [0.05, 0.1) is 38.6 Å². The van der Waals surface area contributed by atoms with Gasteiger partial charge in [-0.05, 0) is 43.8 Å². The molecule has 0 aliphatic carbocycles. The topological polar surface area (TPSA) is 61.8 Å². The van der Waals surface area contributed by atoms with E-state index in [1.54, 1.807) is 0 Å². The highest BCUT2D eigenvalue weighted by atomic mass is 16.5. The Morgan fingerprint density at radius 3 is 1.43 bits per heavy atom. The molecule has 0 spiro atoms. The Balaban J connectivity index is 1.83. The van der Waals surface area contributed by atoms with Crippen molar-refractivity contribution in [1.82, 2.24) is 0 Å². The summed E-state index contributed by atoms with van der Waals surface area (Å²) in [4.78, 5) is 27.1. The highest BCUT2D eigenvalue weighted by Crippen LogP contribution is 2.47. The second-order valence-electron chi connectivity index (χ2n) is 8.99. The third-order valence-corrected chi connectivity index (χ3v) is 7.11. The zero-order valence-electron chi connectivity index (χ0n) is 20.5. The van der Waals surface area contributed by atoms with Crippen molar-refractivity contribution >= 4 is 33.5 Å². The summed E-state index contributed by atoms with van der Waals surface area (Å²) in [6.07, 6.45) is 0. The van der Waals surface area contributed by atoms with Crippen molar-refractivity contribution in [2.75, 3.05) is 14.2 Å². The lowest BCUT2D eigenvalue weighted by Gasteiger charge is -2.23. The van der Waals surface area contributed by atoms with Crippen LogP contribution in [-0.2, 0) is 27.4 Å². The van der Waals surface area contributed by atoms with Gasteiger partial charge in [0, 0.05) is 11.1 Å². The molecule has 1 heterocycles. The summed E-state index contributed by atoms with van der Waals surface area (Å²) in [6.45, 7) is 0.633. The van der Waals surface area contributed by atoms with E-state index in [0.717, 1.165) is 43.8 Å². The first kappa shape index (κ1) is 23.0. The number of benzene rings is 5. The molecular weight excluding hydrogens is 464 g/mol. The van der Waals surface area contributed by atoms with E-state index in [1.165, 1.54) is 14.2 Å². The monoisotopic (exact) mass is 488 g/mol. The predicted octanol–water partition coefficient (Wildman–Crippen LogP) is 6.93. The molecule has 1 aliphatic rings. The fourth-order valence-corrected chi connectivity index (χ4v) is 5.52. The van der Waals surface area contributed by atoms with Gasteiger partial charge in [-0.15, -0.1) is 0 Å². The van der Waals surface area contributed by atoms with Gasteiger partial charge < -0.3 is 14.2 Å². The summed E-state index contributed by atoms with van der Waals surface area (Å²) < 4.78 is 16.6. The van der Waals surface area contributed by atoms with E-state index in [9.17, 15) is 9.59 Å². The fraction of sp³-hybridized carbons (Fsp3) is 0.125. The van der Waals surface area contributed by atoms with Crippen molar-refractivity contribution in [3.8, 4) is 22.3 Å². The predicted molar refractivity (Wildman–Crippen MR) is 143 cm³/mol. The largest absolute Gasteiger partial charge is 0.465 e. The second-order valence-corrected chi connectivity index (χ2v) is 8.99. The zero-order chi connectivity index (χ0) is 25.5. The summed E-state index contributed by atoms with van der Waals surface area (Å²) in [7, 11) is 2.66. The Hall–Kier alpha value is -4.48. The number of ether oxygens (including phenoxy) is 3. The summed E-state index contributed by atoms with van der Waals surface area (Å²) >= 11 is 0. The van der Waals surface area contributed by atoms with Crippen LogP contribution in [0.4, 0.5) is 0 Å². The zero-order valence-corrected chi connectivity index (χ0v) is 20.5. The van der Waals surface area contributed by atoms with Crippen molar-refractivity contribution in [3.63, 3.8) is 0 Å². The highest BCUT2D eigenvalue weighted by molar-refractivity contribution is 6.17. The van der Waals surface area contributed by atoms with Crippen LogP contribution >= 0.6 is 0 Å². The molecule has 5 aromatic rings. The Morgan fingerprint density at radius 1 is 0.595 bits per heavy atom. The quantitative estimate of drug-likeness (QED) is 0.257. The maximum absolute atomic E-state index is 13.6. The highest BCUT2D eigenvalue weighted by Gasteiger charge is 2.35. The molecule has 182 valence electrons. The van der Waals surface area contributed by atoms with Crippen LogP contribution in [0.3, 0.4) is 0 Å². The van der Waals surface area contributed by atoms with Crippen LogP contribution in [0.1, 0.15) is 31.8 Å². The van der Waals surface area contributed by atoms with E-state index in [4.69, 9.17) is 14.2 Å². The Labute approximate surface area is 214 Å². The average molecular weight is 489 g/mol. The minimum Gasteiger partial charge on any atom is -0.465 e. The molecule has 5 heteroatoms. The van der Waals surface area contributed by atoms with Gasteiger partial charge in [0.1, 0.15) is 0 Å². The van der Waals surface area contributed by atoms with Crippen LogP contribution in [0, 0.1) is 0 Å². The lowest BCUT2D eigenvalue weighted by Crippen LogP contribution is -2.18. The number of hydrogen-bond acceptors (Lipinski definition) is 5. The van der Waals surface area contributed by atoms with E-state index in [-0.39, 0.29) is 11.1 Å². The SMILES string of the molecule is COC(=O)c1c(C(=O)OC)c(-c2cccc3ccccc23)c2c(c1-c1cccc3ccccc13)COC2. The van der Waals surface area contributed by atoms with Crippen molar-refractivity contribution in [3.05, 3.63) is 107 Å². The number of fused-ring (bicyclic) bond motifs is 3. The molecule has 1 aliphatic heterocycles. The first-order chi connectivity index (χ1) is 18.1. The van der Waals surface area contributed by atoms with E-state index < -0.39 is 11.9 Å². The Kier molecular flexibility index (Phi) is 5.70. The molecule has 37 heavy (non-hydrogen) atoms. The molecule has 5 nitrogen and oxygen atoms in total. The molecule has 0 radical (unpaired) electrons. The van der Waals surface area contributed by atoms with Crippen LogP contribution in [0.5, 0.6) is 0 Å². The third-order valence-electron chi connectivity index (χ3n) is 7.11. The second kappa shape index (κ2) is 9.19. The van der Waals surface area contributed by atoms with E-state index in [1.807, 2.05) is 84.9 Å². The van der Waals surface area contributed by atoms with Crippen LogP contribution in [0.25, 0.3) is 43.8 Å². The van der Waals surface area contributed by atoms with Crippen LogP contribution in [0.2, 0.25) is 0 Å². The molecule has 0 bridgehead atoms. The van der Waals surface area contributed by atoms with Gasteiger partial charge in [0.25, 0.3) is 0 Å². The Morgan fingerprint density at radius 2 is 1.00 bits per heavy atom. The number of carbonyl (C=O) groups is 2. The van der Waals surface area contributed by atoms with Gasteiger partial charge in [0.2, 0.25) is 0 Å². The molecule has 6 rings (SSSR count). The molecule has 0 atom stereocenters. The van der Waals surface area contributed by atoms with Crippen LogP contribution in [0.15, 0.2) is 84.9 Å². The maximum atomic E-state index is 13.6. The minimum atomic E-state index is -0.598. The number of methoxy groups -OCH3 is 2. The molecule has 0 saturated carbocycles. The summed E-state index contributed by atoms with van der Waals surface area (Å²) in [6, 6.07) is 27.9. The molecule has 0 N–H and O–H groups in total. The number of carbonyl (C=O) groups excluding carboxylic acids is 2. The molecular formula is C32H24O5. The smallest absolute Gasteiger partial charge is 0.339 e. The lowest BCUT2D eigenvalue weighted by molar-refractivity contribution is 0.0556. The molecule has 0 aromatic heterocycles. The standard InChI is InChI=1S/C32H24O5/c1-35-31(33)29-27(23-15-7-11-19-9-3-5-13-21(19)23)25-17-37-18-26(25)28(30(29)32(34)36-2)24-16-8-12-20-10-4-6-14-22(20)24/h3-16H,17-18H2,1-2H3. The van der Waals surface area contributed by atoms with Crippen molar-refractivity contribution < 1.29 is 23.8 Å². The van der Waals surface area contributed by atoms with Crippen molar-refractivity contribution in [2.24, 2.45) is 0 Å². The van der Waals surface area contributed by atoms with Gasteiger partial charge in [-0.25, -0.2) is 9.59 Å². The molecule has 0 amide bonds. The number of hydrogen-bond donors (Lipinski definition) is 0. The van der Waals surface area contributed by atoms with Gasteiger partial charge in [-0.1, -0.05) is 84.9 Å². The van der Waals surface area contributed by atoms with E-state index in [0.29, 0.717) is 24.3 Å². The van der Waals surface area contributed by atoms with E-state index >= 15 is 0 Å². The molecule has 0 unspecified atom stereocenters. The molecule has 0 saturated heterocycles. The van der Waals surface area contributed by atoms with E-state index in [2.05, 4.69) is 0 Å². The minimum absolute atomic E-state index is 0.192. The number of rotatable bonds is 4. The fourth-order valence-electron chi connectivity index (χ4n) is 5.52. The lowest BCUT2D eigenvalue weighted by atomic mass is 9.80. The normalized spacial score (nSPS) is 12.5. The Bertz CT molecular complexity index is 1580. The summed E-state index contributed by atoms with van der Waals surface area (Å²) in [5.74, 6) is -1.20. The van der Waals surface area contributed by atoms with Gasteiger partial charge >= 0.3 is 11.9 Å². The number of esters is 2. The first-order valence-corrected chi connectivity index (χ1v) is 12.1. The van der Waals surface area contributed by atoms with Crippen molar-refractivity contribution in [1.29, 1.82) is 0 Å². The van der Waals surface area contributed by atoms with Crippen LogP contribution in [-0.4, -0.2) is 26.2 Å². The third kappa shape index (κ3) is 3.59. The van der Waals surface area contributed by atoms with Gasteiger partial charge in [0.15, 0.2) is 0 Å². The first-order valence-electron chi connectivity index (χ1n) is 12.1. The van der Waals surface area contributed by atoms with Crippen molar-refractivity contribution in [2.45, 2.75) is 13.2 Å². The van der Waals surface area contributed by atoms with Gasteiger partial charge in [-0.3, -0.25) is 0 Å². The molecule has 5 aromatic carbocycles. The maximum Gasteiger partial charge on any atom is 0.339 e. The molecule has 0 fully saturated rings. The van der Waals surface area contributed by atoms with Crippen LogP contribution < -0.4 is 0 Å².